The lowest BCUT2D eigenvalue weighted by molar-refractivity contribution is -0.130. The Hall–Kier alpha value is -1.93. The second kappa shape index (κ2) is 7.76. The Bertz CT molecular complexity index is 718. The second-order valence-electron chi connectivity index (χ2n) is 6.23. The standard InChI is InChI=1S/C16H23N3O4S/c17-16(21)14-4-1-3-12(10-14)9-13-6-7-19(11-13)15(20)5-2-8-24(18,22)23/h1,3-4,10,13H,2,5-9,11H2,(H2,17,21)(H2,18,22,23)/t13-/m1/s1. The number of nitrogens with zero attached hydrogens (tertiary/aromatic N) is 1. The van der Waals surface area contributed by atoms with Crippen LogP contribution in [-0.4, -0.2) is 44.0 Å². The van der Waals surface area contributed by atoms with Gasteiger partial charge in [0, 0.05) is 25.1 Å². The highest BCUT2D eigenvalue weighted by atomic mass is 32.2. The lowest BCUT2D eigenvalue weighted by Crippen LogP contribution is -2.29. The molecule has 0 bridgehead atoms. The van der Waals surface area contributed by atoms with Gasteiger partial charge in [0.15, 0.2) is 0 Å². The van der Waals surface area contributed by atoms with E-state index in [0.717, 1.165) is 18.4 Å². The average Bonchev–Trinajstić information content (AvgIpc) is 2.94. The van der Waals surface area contributed by atoms with Crippen LogP contribution in [0.25, 0.3) is 0 Å². The van der Waals surface area contributed by atoms with Gasteiger partial charge < -0.3 is 10.6 Å². The molecular weight excluding hydrogens is 330 g/mol. The molecule has 2 amide bonds. The molecule has 0 radical (unpaired) electrons. The molecule has 2 rings (SSSR count). The monoisotopic (exact) mass is 353 g/mol. The summed E-state index contributed by atoms with van der Waals surface area (Å²) in [5.41, 5.74) is 6.80. The van der Waals surface area contributed by atoms with Gasteiger partial charge in [-0.2, -0.15) is 0 Å². The predicted molar refractivity (Wildman–Crippen MR) is 90.6 cm³/mol. The molecule has 4 N–H and O–H groups in total. The number of amides is 2. The van der Waals surface area contributed by atoms with Crippen LogP contribution in [0.3, 0.4) is 0 Å². The Morgan fingerprint density at radius 3 is 2.71 bits per heavy atom. The summed E-state index contributed by atoms with van der Waals surface area (Å²) in [6, 6.07) is 7.23. The number of likely N-dealkylation sites (tertiary alicyclic amines) is 1. The van der Waals surface area contributed by atoms with Gasteiger partial charge in [-0.1, -0.05) is 12.1 Å². The van der Waals surface area contributed by atoms with Gasteiger partial charge in [0.25, 0.3) is 0 Å². The fraction of sp³-hybridized carbons (Fsp3) is 0.500. The normalized spacial score (nSPS) is 17.9. The predicted octanol–water partition coefficient (Wildman–Crippen LogP) is 0.245. The van der Waals surface area contributed by atoms with Crippen molar-refractivity contribution >= 4 is 21.8 Å². The van der Waals surface area contributed by atoms with Crippen molar-refractivity contribution in [3.63, 3.8) is 0 Å². The van der Waals surface area contributed by atoms with Gasteiger partial charge >= 0.3 is 0 Å². The van der Waals surface area contributed by atoms with Crippen LogP contribution >= 0.6 is 0 Å². The third-order valence-electron chi connectivity index (χ3n) is 4.19. The molecule has 1 fully saturated rings. The quantitative estimate of drug-likeness (QED) is 0.729. The van der Waals surface area contributed by atoms with Crippen LogP contribution in [0.15, 0.2) is 24.3 Å². The van der Waals surface area contributed by atoms with E-state index in [-0.39, 0.29) is 24.5 Å². The number of carbonyl (C=O) groups excluding carboxylic acids is 2. The van der Waals surface area contributed by atoms with Gasteiger partial charge in [-0.15, -0.1) is 0 Å². The molecule has 0 unspecified atom stereocenters. The average molecular weight is 353 g/mol. The molecule has 1 aromatic carbocycles. The van der Waals surface area contributed by atoms with Crippen LogP contribution in [0.1, 0.15) is 35.2 Å². The third kappa shape index (κ3) is 5.61. The zero-order valence-electron chi connectivity index (χ0n) is 13.5. The van der Waals surface area contributed by atoms with Crippen molar-refractivity contribution in [3.05, 3.63) is 35.4 Å². The summed E-state index contributed by atoms with van der Waals surface area (Å²) in [5, 5.41) is 4.93. The SMILES string of the molecule is NC(=O)c1cccc(C[C@H]2CCN(C(=O)CCCS(N)(=O)=O)C2)c1. The summed E-state index contributed by atoms with van der Waals surface area (Å²) in [5.74, 6) is -0.326. The smallest absolute Gasteiger partial charge is 0.248 e. The van der Waals surface area contributed by atoms with Crippen molar-refractivity contribution in [3.8, 4) is 0 Å². The highest BCUT2D eigenvalue weighted by Crippen LogP contribution is 2.22. The number of sulfonamides is 1. The molecule has 8 heteroatoms. The molecule has 1 heterocycles. The van der Waals surface area contributed by atoms with E-state index in [1.54, 1.807) is 23.1 Å². The first kappa shape index (κ1) is 18.4. The summed E-state index contributed by atoms with van der Waals surface area (Å²) in [6.07, 6.45) is 2.11. The highest BCUT2D eigenvalue weighted by molar-refractivity contribution is 7.89. The second-order valence-corrected chi connectivity index (χ2v) is 7.97. The molecule has 1 aromatic rings. The van der Waals surface area contributed by atoms with Gasteiger partial charge in [0.1, 0.15) is 0 Å². The maximum absolute atomic E-state index is 12.1. The Morgan fingerprint density at radius 1 is 1.29 bits per heavy atom. The van der Waals surface area contributed by atoms with Crippen molar-refractivity contribution < 1.29 is 18.0 Å². The maximum atomic E-state index is 12.1. The summed E-state index contributed by atoms with van der Waals surface area (Å²) in [6.45, 7) is 1.32. The fourth-order valence-electron chi connectivity index (χ4n) is 2.99. The first-order chi connectivity index (χ1) is 11.2. The number of carbonyl (C=O) groups is 2. The van der Waals surface area contributed by atoms with E-state index in [0.29, 0.717) is 24.6 Å². The number of hydrogen-bond acceptors (Lipinski definition) is 4. The molecule has 1 atom stereocenters. The van der Waals surface area contributed by atoms with E-state index in [4.69, 9.17) is 10.9 Å². The minimum absolute atomic E-state index is 0.0352. The van der Waals surface area contributed by atoms with E-state index < -0.39 is 15.9 Å². The van der Waals surface area contributed by atoms with Crippen LogP contribution in [0.5, 0.6) is 0 Å². The molecule has 0 aliphatic carbocycles. The van der Waals surface area contributed by atoms with Crippen LogP contribution in [0.2, 0.25) is 0 Å². The zero-order valence-corrected chi connectivity index (χ0v) is 14.3. The molecule has 24 heavy (non-hydrogen) atoms. The van der Waals surface area contributed by atoms with Crippen molar-refractivity contribution in [2.24, 2.45) is 16.8 Å². The summed E-state index contributed by atoms with van der Waals surface area (Å²) < 4.78 is 21.8. The summed E-state index contributed by atoms with van der Waals surface area (Å²) >= 11 is 0. The lowest BCUT2D eigenvalue weighted by atomic mass is 9.97. The molecule has 1 aliphatic rings. The van der Waals surface area contributed by atoms with Crippen molar-refractivity contribution in [2.45, 2.75) is 25.7 Å². The van der Waals surface area contributed by atoms with Crippen molar-refractivity contribution in [1.82, 2.24) is 4.90 Å². The highest BCUT2D eigenvalue weighted by Gasteiger charge is 2.26. The Balaban J connectivity index is 1.83. The van der Waals surface area contributed by atoms with Crippen LogP contribution in [-0.2, 0) is 21.2 Å². The summed E-state index contributed by atoms with van der Waals surface area (Å²) in [4.78, 5) is 25.1. The molecule has 0 spiro atoms. The van der Waals surface area contributed by atoms with E-state index in [9.17, 15) is 18.0 Å². The van der Waals surface area contributed by atoms with Crippen molar-refractivity contribution in [2.75, 3.05) is 18.8 Å². The fourth-order valence-corrected chi connectivity index (χ4v) is 3.54. The topological polar surface area (TPSA) is 124 Å². The first-order valence-electron chi connectivity index (χ1n) is 7.91. The molecule has 7 nitrogen and oxygen atoms in total. The molecule has 0 saturated carbocycles. The Kier molecular flexibility index (Phi) is 5.95. The molecule has 0 aromatic heterocycles. The van der Waals surface area contributed by atoms with Gasteiger partial charge in [0.2, 0.25) is 21.8 Å². The number of primary sulfonamides is 1. The van der Waals surface area contributed by atoms with Gasteiger partial charge in [-0.05, 0) is 42.9 Å². The lowest BCUT2D eigenvalue weighted by Gasteiger charge is -2.16. The summed E-state index contributed by atoms with van der Waals surface area (Å²) in [7, 11) is -3.51. The maximum Gasteiger partial charge on any atom is 0.248 e. The number of nitrogens with two attached hydrogens (primary N) is 2. The van der Waals surface area contributed by atoms with Crippen LogP contribution in [0.4, 0.5) is 0 Å². The number of primary amides is 1. The van der Waals surface area contributed by atoms with E-state index in [1.165, 1.54) is 0 Å². The van der Waals surface area contributed by atoms with Crippen LogP contribution in [0, 0.1) is 5.92 Å². The number of hydrogen-bond donors (Lipinski definition) is 2. The minimum atomic E-state index is -3.51. The largest absolute Gasteiger partial charge is 0.366 e. The van der Waals surface area contributed by atoms with Crippen molar-refractivity contribution in [1.29, 1.82) is 0 Å². The molecule has 1 aliphatic heterocycles. The van der Waals surface area contributed by atoms with Gasteiger partial charge in [-0.25, -0.2) is 13.6 Å². The number of rotatable bonds is 7. The molecular formula is C16H23N3O4S. The van der Waals surface area contributed by atoms with E-state index >= 15 is 0 Å². The third-order valence-corrected chi connectivity index (χ3v) is 5.05. The van der Waals surface area contributed by atoms with Crippen LogP contribution < -0.4 is 10.9 Å². The van der Waals surface area contributed by atoms with Gasteiger partial charge in [-0.3, -0.25) is 9.59 Å². The zero-order chi connectivity index (χ0) is 17.7. The molecule has 1 saturated heterocycles. The minimum Gasteiger partial charge on any atom is -0.366 e. The Morgan fingerprint density at radius 2 is 2.04 bits per heavy atom. The van der Waals surface area contributed by atoms with E-state index in [2.05, 4.69) is 0 Å². The Labute approximate surface area is 142 Å². The van der Waals surface area contributed by atoms with E-state index in [1.807, 2.05) is 6.07 Å². The number of benzene rings is 1. The molecule has 132 valence electrons. The van der Waals surface area contributed by atoms with Gasteiger partial charge in [0.05, 0.1) is 5.75 Å². The first-order valence-corrected chi connectivity index (χ1v) is 9.63.